The van der Waals surface area contributed by atoms with Gasteiger partial charge in [0, 0.05) is 12.6 Å². The molecule has 1 aromatic carbocycles. The lowest BCUT2D eigenvalue weighted by Gasteiger charge is -2.04. The SMILES string of the molecule is COc1ccc(-c2nnc(SCc3nc(C)no3)n2C)cc1. The second-order valence-electron chi connectivity index (χ2n) is 4.62. The Morgan fingerprint density at radius 3 is 2.64 bits per heavy atom. The first-order valence-electron chi connectivity index (χ1n) is 6.63. The molecule has 8 heteroatoms. The van der Waals surface area contributed by atoms with Crippen molar-refractivity contribution in [2.45, 2.75) is 17.8 Å². The molecular weight excluding hydrogens is 302 g/mol. The van der Waals surface area contributed by atoms with Gasteiger partial charge >= 0.3 is 0 Å². The maximum absolute atomic E-state index is 5.16. The van der Waals surface area contributed by atoms with E-state index in [4.69, 9.17) is 9.26 Å². The Balaban J connectivity index is 1.76. The van der Waals surface area contributed by atoms with E-state index in [1.807, 2.05) is 35.9 Å². The molecule has 2 heterocycles. The molecule has 0 fully saturated rings. The zero-order chi connectivity index (χ0) is 15.5. The zero-order valence-electron chi connectivity index (χ0n) is 12.5. The van der Waals surface area contributed by atoms with Crippen LogP contribution >= 0.6 is 11.8 Å². The summed E-state index contributed by atoms with van der Waals surface area (Å²) in [5, 5.41) is 13.0. The van der Waals surface area contributed by atoms with Crippen molar-refractivity contribution in [2.24, 2.45) is 7.05 Å². The Labute approximate surface area is 131 Å². The number of benzene rings is 1. The molecular formula is C14H15N5O2S. The highest BCUT2D eigenvalue weighted by Crippen LogP contribution is 2.25. The highest BCUT2D eigenvalue weighted by atomic mass is 32.2. The van der Waals surface area contributed by atoms with Crippen LogP contribution in [0.4, 0.5) is 0 Å². The fourth-order valence-electron chi connectivity index (χ4n) is 1.96. The van der Waals surface area contributed by atoms with E-state index in [0.717, 1.165) is 22.3 Å². The van der Waals surface area contributed by atoms with Crippen molar-refractivity contribution in [3.8, 4) is 17.1 Å². The van der Waals surface area contributed by atoms with Crippen molar-refractivity contribution in [1.29, 1.82) is 0 Å². The molecule has 0 aliphatic carbocycles. The number of rotatable bonds is 5. The van der Waals surface area contributed by atoms with Crippen LogP contribution in [0.25, 0.3) is 11.4 Å². The van der Waals surface area contributed by atoms with Crippen molar-refractivity contribution in [3.63, 3.8) is 0 Å². The number of ether oxygens (including phenoxy) is 1. The average molecular weight is 317 g/mol. The number of methoxy groups -OCH3 is 1. The van der Waals surface area contributed by atoms with Crippen molar-refractivity contribution in [2.75, 3.05) is 7.11 Å². The van der Waals surface area contributed by atoms with Crippen LogP contribution in [0.3, 0.4) is 0 Å². The Hall–Kier alpha value is -2.35. The third-order valence-corrected chi connectivity index (χ3v) is 4.08. The van der Waals surface area contributed by atoms with Gasteiger partial charge in [-0.05, 0) is 31.2 Å². The molecule has 114 valence electrons. The van der Waals surface area contributed by atoms with Gasteiger partial charge in [0.15, 0.2) is 16.8 Å². The fourth-order valence-corrected chi connectivity index (χ4v) is 2.71. The summed E-state index contributed by atoms with van der Waals surface area (Å²) in [5.41, 5.74) is 0.983. The minimum Gasteiger partial charge on any atom is -0.497 e. The number of aryl methyl sites for hydroxylation is 1. The van der Waals surface area contributed by atoms with E-state index in [1.165, 1.54) is 11.8 Å². The first-order chi connectivity index (χ1) is 10.7. The van der Waals surface area contributed by atoms with E-state index in [0.29, 0.717) is 17.5 Å². The van der Waals surface area contributed by atoms with Gasteiger partial charge in [0.25, 0.3) is 0 Å². The average Bonchev–Trinajstić information content (AvgIpc) is 3.11. The molecule has 0 radical (unpaired) electrons. The van der Waals surface area contributed by atoms with Gasteiger partial charge in [0.2, 0.25) is 5.89 Å². The van der Waals surface area contributed by atoms with Crippen LogP contribution in [-0.4, -0.2) is 32.0 Å². The molecule has 0 unspecified atom stereocenters. The van der Waals surface area contributed by atoms with Gasteiger partial charge in [-0.15, -0.1) is 10.2 Å². The molecule has 0 aliphatic rings. The highest BCUT2D eigenvalue weighted by Gasteiger charge is 2.13. The fraction of sp³-hybridized carbons (Fsp3) is 0.286. The van der Waals surface area contributed by atoms with Gasteiger partial charge in [-0.3, -0.25) is 0 Å². The minimum absolute atomic E-state index is 0.565. The summed E-state index contributed by atoms with van der Waals surface area (Å²) in [6.07, 6.45) is 0. The minimum atomic E-state index is 0.565. The van der Waals surface area contributed by atoms with Crippen molar-refractivity contribution >= 4 is 11.8 Å². The Bertz CT molecular complexity index is 766. The molecule has 0 amide bonds. The summed E-state index contributed by atoms with van der Waals surface area (Å²) < 4.78 is 12.2. The lowest BCUT2D eigenvalue weighted by atomic mass is 10.2. The molecule has 0 atom stereocenters. The van der Waals surface area contributed by atoms with Gasteiger partial charge in [-0.25, -0.2) is 0 Å². The molecule has 0 aliphatic heterocycles. The van der Waals surface area contributed by atoms with Gasteiger partial charge < -0.3 is 13.8 Å². The van der Waals surface area contributed by atoms with Crippen molar-refractivity contribution < 1.29 is 9.26 Å². The monoisotopic (exact) mass is 317 g/mol. The van der Waals surface area contributed by atoms with Crippen molar-refractivity contribution in [1.82, 2.24) is 24.9 Å². The van der Waals surface area contributed by atoms with Gasteiger partial charge in [-0.1, -0.05) is 16.9 Å². The lowest BCUT2D eigenvalue weighted by Crippen LogP contribution is -1.95. The van der Waals surface area contributed by atoms with E-state index in [-0.39, 0.29) is 0 Å². The zero-order valence-corrected chi connectivity index (χ0v) is 13.3. The molecule has 0 saturated heterocycles. The summed E-state index contributed by atoms with van der Waals surface area (Å²) >= 11 is 1.51. The predicted octanol–water partition coefficient (Wildman–Crippen LogP) is 2.47. The quantitative estimate of drug-likeness (QED) is 0.669. The third kappa shape index (κ3) is 2.96. The first kappa shape index (κ1) is 14.6. The van der Waals surface area contributed by atoms with Crippen LogP contribution in [0.5, 0.6) is 5.75 Å². The molecule has 0 bridgehead atoms. The maximum Gasteiger partial charge on any atom is 0.237 e. The van der Waals surface area contributed by atoms with Gasteiger partial charge in [0.1, 0.15) is 5.75 Å². The molecule has 0 saturated carbocycles. The largest absolute Gasteiger partial charge is 0.497 e. The number of hydrogen-bond donors (Lipinski definition) is 0. The molecule has 0 N–H and O–H groups in total. The summed E-state index contributed by atoms with van der Waals surface area (Å²) in [4.78, 5) is 4.17. The van der Waals surface area contributed by atoms with Crippen LogP contribution in [-0.2, 0) is 12.8 Å². The molecule has 3 aromatic rings. The maximum atomic E-state index is 5.16. The summed E-state index contributed by atoms with van der Waals surface area (Å²) in [6.45, 7) is 1.79. The second-order valence-corrected chi connectivity index (χ2v) is 5.56. The topological polar surface area (TPSA) is 78.9 Å². The van der Waals surface area contributed by atoms with Crippen LogP contribution in [0.15, 0.2) is 33.9 Å². The first-order valence-corrected chi connectivity index (χ1v) is 7.61. The standard InChI is InChI=1S/C14H15N5O2S/c1-9-15-12(21-18-9)8-22-14-17-16-13(19(14)2)10-4-6-11(20-3)7-5-10/h4-7H,8H2,1-3H3. The molecule has 3 rings (SSSR count). The summed E-state index contributed by atoms with van der Waals surface area (Å²) in [6, 6.07) is 7.72. The highest BCUT2D eigenvalue weighted by molar-refractivity contribution is 7.98. The summed E-state index contributed by atoms with van der Waals surface area (Å²) in [7, 11) is 3.58. The Morgan fingerprint density at radius 1 is 1.23 bits per heavy atom. The number of aromatic nitrogens is 5. The Kier molecular flexibility index (Phi) is 4.10. The lowest BCUT2D eigenvalue weighted by molar-refractivity contribution is 0.387. The number of nitrogens with zero attached hydrogens (tertiary/aromatic N) is 5. The van der Waals surface area contributed by atoms with Crippen molar-refractivity contribution in [3.05, 3.63) is 36.0 Å². The predicted molar refractivity (Wildman–Crippen MR) is 81.6 cm³/mol. The normalized spacial score (nSPS) is 10.9. The van der Waals surface area contributed by atoms with Crippen LogP contribution < -0.4 is 4.74 Å². The van der Waals surface area contributed by atoms with Crippen LogP contribution in [0, 0.1) is 6.92 Å². The smallest absolute Gasteiger partial charge is 0.237 e. The van der Waals surface area contributed by atoms with E-state index in [1.54, 1.807) is 14.0 Å². The van der Waals surface area contributed by atoms with Gasteiger partial charge in [-0.2, -0.15) is 4.98 Å². The van der Waals surface area contributed by atoms with E-state index >= 15 is 0 Å². The molecule has 22 heavy (non-hydrogen) atoms. The van der Waals surface area contributed by atoms with E-state index < -0.39 is 0 Å². The number of thioether (sulfide) groups is 1. The summed E-state index contributed by atoms with van der Waals surface area (Å²) in [5.74, 6) is 3.39. The Morgan fingerprint density at radius 2 is 2.00 bits per heavy atom. The van der Waals surface area contributed by atoms with Crippen LogP contribution in [0.1, 0.15) is 11.7 Å². The van der Waals surface area contributed by atoms with Gasteiger partial charge in [0.05, 0.1) is 12.9 Å². The molecule has 7 nitrogen and oxygen atoms in total. The van der Waals surface area contributed by atoms with E-state index in [9.17, 15) is 0 Å². The number of hydrogen-bond acceptors (Lipinski definition) is 7. The second kappa shape index (κ2) is 6.18. The molecule has 0 spiro atoms. The van der Waals surface area contributed by atoms with Crippen LogP contribution in [0.2, 0.25) is 0 Å². The molecule has 2 aromatic heterocycles. The third-order valence-electron chi connectivity index (χ3n) is 3.08. The van der Waals surface area contributed by atoms with E-state index in [2.05, 4.69) is 20.3 Å².